The molecule has 0 bridgehead atoms. The summed E-state index contributed by atoms with van der Waals surface area (Å²) in [5.41, 5.74) is 3.74. The maximum absolute atomic E-state index is 12.0. The van der Waals surface area contributed by atoms with E-state index in [0.717, 1.165) is 12.8 Å². The quantitative estimate of drug-likeness (QED) is 0.268. The highest BCUT2D eigenvalue weighted by molar-refractivity contribution is 6.32. The first-order valence-corrected chi connectivity index (χ1v) is 10.4. The van der Waals surface area contributed by atoms with Crippen LogP contribution in [0.2, 0.25) is 5.02 Å². The van der Waals surface area contributed by atoms with Crippen LogP contribution >= 0.6 is 11.6 Å². The van der Waals surface area contributed by atoms with E-state index in [1.165, 1.54) is 31.9 Å². The highest BCUT2D eigenvalue weighted by Gasteiger charge is 2.11. The number of nitrogens with one attached hydrogen (secondary N) is 1. The van der Waals surface area contributed by atoms with Gasteiger partial charge in [0, 0.05) is 5.56 Å². The molecular weight excluding hydrogens is 388 g/mol. The van der Waals surface area contributed by atoms with Crippen LogP contribution in [0, 0.1) is 0 Å². The lowest BCUT2D eigenvalue weighted by Gasteiger charge is -2.13. The van der Waals surface area contributed by atoms with Crippen LogP contribution in [0.1, 0.15) is 61.4 Å². The van der Waals surface area contributed by atoms with Gasteiger partial charge in [0.25, 0.3) is 5.91 Å². The van der Waals surface area contributed by atoms with E-state index >= 15 is 0 Å². The molecule has 2 rings (SSSR count). The Labute approximate surface area is 178 Å². The number of rotatable bonds is 12. The zero-order valence-electron chi connectivity index (χ0n) is 17.1. The Balaban J connectivity index is 1.90. The van der Waals surface area contributed by atoms with Crippen LogP contribution in [0.5, 0.6) is 11.5 Å². The number of methoxy groups -OCH3 is 1. The molecule has 0 saturated heterocycles. The predicted octanol–water partition coefficient (Wildman–Crippen LogP) is 5.85. The van der Waals surface area contributed by atoms with Gasteiger partial charge < -0.3 is 9.47 Å². The molecule has 0 radical (unpaired) electrons. The Hall–Kier alpha value is -2.53. The normalized spacial score (nSPS) is 10.9. The monoisotopic (exact) mass is 416 g/mol. The molecule has 2 aromatic rings. The first kappa shape index (κ1) is 22.8. The molecule has 0 saturated carbocycles. The maximum Gasteiger partial charge on any atom is 0.271 e. The van der Waals surface area contributed by atoms with E-state index < -0.39 is 0 Å². The number of benzene rings is 2. The van der Waals surface area contributed by atoms with Crippen LogP contribution in [-0.4, -0.2) is 25.8 Å². The highest BCUT2D eigenvalue weighted by atomic mass is 35.5. The van der Waals surface area contributed by atoms with Gasteiger partial charge in [0.1, 0.15) is 0 Å². The number of halogens is 1. The minimum atomic E-state index is -0.279. The van der Waals surface area contributed by atoms with Crippen molar-refractivity contribution in [1.82, 2.24) is 5.43 Å². The second kappa shape index (κ2) is 12.8. The van der Waals surface area contributed by atoms with Crippen molar-refractivity contribution in [3.05, 3.63) is 58.6 Å². The Morgan fingerprint density at radius 2 is 1.83 bits per heavy atom. The van der Waals surface area contributed by atoms with E-state index in [9.17, 15) is 4.79 Å². The van der Waals surface area contributed by atoms with Crippen LogP contribution in [0.3, 0.4) is 0 Å². The number of amides is 1. The fourth-order valence-electron chi connectivity index (χ4n) is 2.83. The third-order valence-electron chi connectivity index (χ3n) is 4.41. The molecular formula is C23H29ClN2O3. The summed E-state index contributed by atoms with van der Waals surface area (Å²) in [6.45, 7) is 2.81. The fraction of sp³-hybridized carbons (Fsp3) is 0.391. The van der Waals surface area contributed by atoms with Crippen molar-refractivity contribution in [2.75, 3.05) is 13.7 Å². The minimum absolute atomic E-state index is 0.279. The van der Waals surface area contributed by atoms with Crippen LogP contribution in [-0.2, 0) is 0 Å². The summed E-state index contributed by atoms with van der Waals surface area (Å²) in [4.78, 5) is 12.0. The molecule has 2 aromatic carbocycles. The van der Waals surface area contributed by atoms with Gasteiger partial charge in [-0.05, 0) is 36.2 Å². The second-order valence-corrected chi connectivity index (χ2v) is 7.12. The molecule has 6 heteroatoms. The zero-order valence-corrected chi connectivity index (χ0v) is 17.9. The third kappa shape index (κ3) is 7.78. The summed E-state index contributed by atoms with van der Waals surface area (Å²) < 4.78 is 11.3. The zero-order chi connectivity index (χ0) is 20.9. The lowest BCUT2D eigenvalue weighted by Crippen LogP contribution is -2.17. The standard InChI is InChI=1S/C23H29ClN2O3/c1-3-4-5-6-7-11-14-29-22-20(24)15-18(16-21(22)28-2)17-25-26-23(27)19-12-9-8-10-13-19/h8-10,12-13,15-17H,3-7,11,14H2,1-2H3,(H,26,27). The van der Waals surface area contributed by atoms with Gasteiger partial charge in [0.15, 0.2) is 11.5 Å². The van der Waals surface area contributed by atoms with E-state index in [1.54, 1.807) is 43.5 Å². The summed E-state index contributed by atoms with van der Waals surface area (Å²) in [6, 6.07) is 12.4. The van der Waals surface area contributed by atoms with Gasteiger partial charge in [-0.2, -0.15) is 5.10 Å². The van der Waals surface area contributed by atoms with Crippen molar-refractivity contribution < 1.29 is 14.3 Å². The van der Waals surface area contributed by atoms with Gasteiger partial charge in [0.2, 0.25) is 0 Å². The molecule has 156 valence electrons. The summed E-state index contributed by atoms with van der Waals surface area (Å²) >= 11 is 6.38. The molecule has 0 aliphatic carbocycles. The number of carbonyl (C=O) groups excluding carboxylic acids is 1. The molecule has 5 nitrogen and oxygen atoms in total. The number of nitrogens with zero attached hydrogens (tertiary/aromatic N) is 1. The van der Waals surface area contributed by atoms with Crippen molar-refractivity contribution >= 4 is 23.7 Å². The molecule has 0 aliphatic heterocycles. The largest absolute Gasteiger partial charge is 0.493 e. The molecule has 0 aliphatic rings. The van der Waals surface area contributed by atoms with Crippen LogP contribution < -0.4 is 14.9 Å². The maximum atomic E-state index is 12.0. The summed E-state index contributed by atoms with van der Waals surface area (Å²) in [7, 11) is 1.57. The van der Waals surface area contributed by atoms with E-state index in [1.807, 2.05) is 6.07 Å². The Morgan fingerprint density at radius 1 is 1.10 bits per heavy atom. The Kier molecular flexibility index (Phi) is 10.1. The Morgan fingerprint density at radius 3 is 2.55 bits per heavy atom. The molecule has 0 heterocycles. The first-order chi connectivity index (χ1) is 14.2. The molecule has 0 aromatic heterocycles. The molecule has 1 N–H and O–H groups in total. The average molecular weight is 417 g/mol. The summed E-state index contributed by atoms with van der Waals surface area (Å²) in [6.07, 6.45) is 8.68. The van der Waals surface area contributed by atoms with Gasteiger partial charge in [-0.15, -0.1) is 0 Å². The topological polar surface area (TPSA) is 59.9 Å². The molecule has 0 unspecified atom stereocenters. The van der Waals surface area contributed by atoms with Gasteiger partial charge in [-0.3, -0.25) is 4.79 Å². The molecule has 0 fully saturated rings. The molecule has 0 atom stereocenters. The van der Waals surface area contributed by atoms with E-state index in [-0.39, 0.29) is 5.91 Å². The number of ether oxygens (including phenoxy) is 2. The lowest BCUT2D eigenvalue weighted by atomic mass is 10.1. The third-order valence-corrected chi connectivity index (χ3v) is 4.69. The number of hydrogen-bond acceptors (Lipinski definition) is 4. The smallest absolute Gasteiger partial charge is 0.271 e. The number of hydrazone groups is 1. The second-order valence-electron chi connectivity index (χ2n) is 6.72. The number of hydrogen-bond donors (Lipinski definition) is 1. The molecule has 1 amide bonds. The lowest BCUT2D eigenvalue weighted by molar-refractivity contribution is 0.0955. The van der Waals surface area contributed by atoms with Gasteiger partial charge in [-0.25, -0.2) is 5.43 Å². The molecule has 0 spiro atoms. The van der Waals surface area contributed by atoms with Crippen LogP contribution in [0.15, 0.2) is 47.6 Å². The summed E-state index contributed by atoms with van der Waals surface area (Å²) in [5, 5.41) is 4.45. The van der Waals surface area contributed by atoms with Crippen molar-refractivity contribution in [1.29, 1.82) is 0 Å². The van der Waals surface area contributed by atoms with Crippen molar-refractivity contribution in [3.8, 4) is 11.5 Å². The van der Waals surface area contributed by atoms with E-state index in [4.69, 9.17) is 21.1 Å². The van der Waals surface area contributed by atoms with Crippen LogP contribution in [0.4, 0.5) is 0 Å². The Bertz CT molecular complexity index is 794. The predicted molar refractivity (Wildman–Crippen MR) is 118 cm³/mol. The first-order valence-electron chi connectivity index (χ1n) is 10.0. The van der Waals surface area contributed by atoms with E-state index in [2.05, 4.69) is 17.5 Å². The number of unbranched alkanes of at least 4 members (excludes halogenated alkanes) is 5. The summed E-state index contributed by atoms with van der Waals surface area (Å²) in [5.74, 6) is 0.798. The average Bonchev–Trinajstić information content (AvgIpc) is 2.74. The van der Waals surface area contributed by atoms with Crippen molar-refractivity contribution in [2.24, 2.45) is 5.10 Å². The van der Waals surface area contributed by atoms with Crippen molar-refractivity contribution in [2.45, 2.75) is 45.4 Å². The fourth-order valence-corrected chi connectivity index (χ4v) is 3.10. The van der Waals surface area contributed by atoms with Gasteiger partial charge in [-0.1, -0.05) is 68.8 Å². The molecule has 29 heavy (non-hydrogen) atoms. The van der Waals surface area contributed by atoms with Gasteiger partial charge in [0.05, 0.1) is 25.0 Å². The highest BCUT2D eigenvalue weighted by Crippen LogP contribution is 2.36. The van der Waals surface area contributed by atoms with E-state index in [0.29, 0.717) is 34.3 Å². The van der Waals surface area contributed by atoms with Crippen molar-refractivity contribution in [3.63, 3.8) is 0 Å². The number of carbonyl (C=O) groups is 1. The van der Waals surface area contributed by atoms with Gasteiger partial charge >= 0.3 is 0 Å². The minimum Gasteiger partial charge on any atom is -0.493 e. The SMILES string of the molecule is CCCCCCCCOc1c(Cl)cc(C=NNC(=O)c2ccccc2)cc1OC. The van der Waals surface area contributed by atoms with Crippen LogP contribution in [0.25, 0.3) is 0 Å².